The molecule has 3 nitrogen and oxygen atoms in total. The van der Waals surface area contributed by atoms with Gasteiger partial charge < -0.3 is 9.80 Å². The van der Waals surface area contributed by atoms with Gasteiger partial charge in [-0.05, 0) is 14.0 Å². The molecule has 0 atom stereocenters. The highest BCUT2D eigenvalue weighted by Crippen LogP contribution is 1.98. The molecule has 1 saturated heterocycles. The summed E-state index contributed by atoms with van der Waals surface area (Å²) < 4.78 is 0. The third-order valence-corrected chi connectivity index (χ3v) is 2.89. The van der Waals surface area contributed by atoms with E-state index in [1.807, 2.05) is 23.1 Å². The first-order chi connectivity index (χ1) is 8.09. The summed E-state index contributed by atoms with van der Waals surface area (Å²) in [7, 11) is 2.08. The lowest BCUT2D eigenvalue weighted by atomic mass is 10.2. The third-order valence-electron chi connectivity index (χ3n) is 2.89. The Labute approximate surface area is 104 Å². The van der Waals surface area contributed by atoms with Gasteiger partial charge in [0.2, 0.25) is 5.91 Å². The van der Waals surface area contributed by atoms with E-state index in [1.54, 1.807) is 6.92 Å². The maximum atomic E-state index is 10.8. The second kappa shape index (κ2) is 7.07. The Hall–Kier alpha value is -1.35. The van der Waals surface area contributed by atoms with Crippen molar-refractivity contribution in [2.24, 2.45) is 0 Å². The molecule has 1 aliphatic heterocycles. The molecule has 0 radical (unpaired) electrons. The first-order valence-corrected chi connectivity index (χ1v) is 6.05. The Morgan fingerprint density at radius 1 is 1.06 bits per heavy atom. The Balaban J connectivity index is 0.000000181. The van der Waals surface area contributed by atoms with E-state index in [0.29, 0.717) is 0 Å². The van der Waals surface area contributed by atoms with Crippen LogP contribution in [-0.4, -0.2) is 48.9 Å². The maximum Gasteiger partial charge on any atom is 0.219 e. The number of benzene rings is 1. The second-order valence-corrected chi connectivity index (χ2v) is 4.46. The summed E-state index contributed by atoms with van der Waals surface area (Å²) >= 11 is 0. The van der Waals surface area contributed by atoms with Gasteiger partial charge in [0, 0.05) is 33.1 Å². The van der Waals surface area contributed by atoms with E-state index < -0.39 is 0 Å². The third kappa shape index (κ3) is 5.50. The molecule has 0 spiro atoms. The van der Waals surface area contributed by atoms with Crippen LogP contribution in [0, 0.1) is 6.92 Å². The minimum Gasteiger partial charge on any atom is -0.340 e. The van der Waals surface area contributed by atoms with E-state index in [4.69, 9.17) is 0 Å². The Morgan fingerprint density at radius 2 is 1.59 bits per heavy atom. The molecule has 1 aliphatic rings. The van der Waals surface area contributed by atoms with Crippen molar-refractivity contribution >= 4 is 5.91 Å². The van der Waals surface area contributed by atoms with Gasteiger partial charge in [0.1, 0.15) is 0 Å². The minimum absolute atomic E-state index is 0.202. The molecule has 94 valence electrons. The molecule has 0 saturated carbocycles. The van der Waals surface area contributed by atoms with E-state index in [2.05, 4.69) is 31.0 Å². The lowest BCUT2D eigenvalue weighted by molar-refractivity contribution is -0.130. The van der Waals surface area contributed by atoms with Crippen molar-refractivity contribution in [3.05, 3.63) is 35.9 Å². The standard InChI is InChI=1S/C7H14N2O.C7H8/c1-7(10)9-5-3-8(2)4-6-9;1-7-5-3-2-4-6-7/h3-6H2,1-2H3;2-6H,1H3. The Morgan fingerprint density at radius 3 is 1.94 bits per heavy atom. The van der Waals surface area contributed by atoms with E-state index in [1.165, 1.54) is 5.56 Å². The highest BCUT2D eigenvalue weighted by atomic mass is 16.2. The largest absolute Gasteiger partial charge is 0.340 e. The number of amides is 1. The number of rotatable bonds is 0. The first kappa shape index (κ1) is 13.7. The summed E-state index contributed by atoms with van der Waals surface area (Å²) in [6.07, 6.45) is 0. The maximum absolute atomic E-state index is 10.8. The molecule has 1 aromatic carbocycles. The Bertz CT molecular complexity index is 329. The lowest BCUT2D eigenvalue weighted by Crippen LogP contribution is -2.46. The van der Waals surface area contributed by atoms with Crippen molar-refractivity contribution < 1.29 is 4.79 Å². The van der Waals surface area contributed by atoms with Gasteiger partial charge in [-0.25, -0.2) is 0 Å². The SMILES string of the molecule is CC(=O)N1CCN(C)CC1.Cc1ccccc1. The summed E-state index contributed by atoms with van der Waals surface area (Å²) in [6.45, 7) is 7.53. The zero-order valence-corrected chi connectivity index (χ0v) is 11.0. The summed E-state index contributed by atoms with van der Waals surface area (Å²) in [6, 6.07) is 10.3. The molecule has 0 aliphatic carbocycles. The lowest BCUT2D eigenvalue weighted by Gasteiger charge is -2.31. The molecule has 0 aromatic heterocycles. The van der Waals surface area contributed by atoms with E-state index in [0.717, 1.165) is 26.2 Å². The fraction of sp³-hybridized carbons (Fsp3) is 0.500. The summed E-state index contributed by atoms with van der Waals surface area (Å²) in [5.41, 5.74) is 1.32. The molecule has 0 bridgehead atoms. The van der Waals surface area contributed by atoms with Crippen molar-refractivity contribution in [1.29, 1.82) is 0 Å². The van der Waals surface area contributed by atoms with Crippen LogP contribution in [0.15, 0.2) is 30.3 Å². The average Bonchev–Trinajstić information content (AvgIpc) is 2.31. The molecular formula is C14H22N2O. The van der Waals surface area contributed by atoms with Gasteiger partial charge in [-0.2, -0.15) is 0 Å². The normalized spacial score (nSPS) is 16.1. The van der Waals surface area contributed by atoms with E-state index >= 15 is 0 Å². The predicted molar refractivity (Wildman–Crippen MR) is 70.9 cm³/mol. The number of piperazine rings is 1. The zero-order chi connectivity index (χ0) is 12.7. The molecule has 0 unspecified atom stereocenters. The van der Waals surface area contributed by atoms with Gasteiger partial charge >= 0.3 is 0 Å². The second-order valence-electron chi connectivity index (χ2n) is 4.46. The molecule has 1 amide bonds. The van der Waals surface area contributed by atoms with Gasteiger partial charge in [-0.3, -0.25) is 4.79 Å². The van der Waals surface area contributed by atoms with Gasteiger partial charge in [0.05, 0.1) is 0 Å². The Kier molecular flexibility index (Phi) is 5.70. The fourth-order valence-corrected chi connectivity index (χ4v) is 1.66. The van der Waals surface area contributed by atoms with Crippen LogP contribution in [0.4, 0.5) is 0 Å². The van der Waals surface area contributed by atoms with E-state index in [-0.39, 0.29) is 5.91 Å². The highest BCUT2D eigenvalue weighted by molar-refractivity contribution is 5.73. The average molecular weight is 234 g/mol. The molecular weight excluding hydrogens is 212 g/mol. The first-order valence-electron chi connectivity index (χ1n) is 6.05. The quantitative estimate of drug-likeness (QED) is 0.683. The summed E-state index contributed by atoms with van der Waals surface area (Å²) in [4.78, 5) is 14.9. The van der Waals surface area contributed by atoms with Crippen molar-refractivity contribution in [3.63, 3.8) is 0 Å². The van der Waals surface area contributed by atoms with Crippen LogP contribution in [-0.2, 0) is 4.79 Å². The topological polar surface area (TPSA) is 23.6 Å². The number of hydrogen-bond acceptors (Lipinski definition) is 2. The number of aryl methyl sites for hydroxylation is 1. The van der Waals surface area contributed by atoms with Gasteiger partial charge in [-0.15, -0.1) is 0 Å². The monoisotopic (exact) mass is 234 g/mol. The van der Waals surface area contributed by atoms with Crippen LogP contribution in [0.2, 0.25) is 0 Å². The van der Waals surface area contributed by atoms with Gasteiger partial charge in [0.25, 0.3) is 0 Å². The number of carbonyl (C=O) groups is 1. The van der Waals surface area contributed by atoms with Crippen molar-refractivity contribution in [2.45, 2.75) is 13.8 Å². The van der Waals surface area contributed by atoms with Crippen molar-refractivity contribution in [3.8, 4) is 0 Å². The highest BCUT2D eigenvalue weighted by Gasteiger charge is 2.14. The minimum atomic E-state index is 0.202. The molecule has 1 fully saturated rings. The molecule has 0 N–H and O–H groups in total. The van der Waals surface area contributed by atoms with Crippen LogP contribution in [0.3, 0.4) is 0 Å². The number of nitrogens with zero attached hydrogens (tertiary/aromatic N) is 2. The number of likely N-dealkylation sites (N-methyl/N-ethyl adjacent to an activating group) is 1. The summed E-state index contributed by atoms with van der Waals surface area (Å²) in [5.74, 6) is 0.202. The van der Waals surface area contributed by atoms with Crippen molar-refractivity contribution in [1.82, 2.24) is 9.80 Å². The van der Waals surface area contributed by atoms with Crippen LogP contribution < -0.4 is 0 Å². The zero-order valence-electron chi connectivity index (χ0n) is 11.0. The molecule has 3 heteroatoms. The van der Waals surface area contributed by atoms with E-state index in [9.17, 15) is 4.79 Å². The predicted octanol–water partition coefficient (Wildman–Crippen LogP) is 1.78. The fourth-order valence-electron chi connectivity index (χ4n) is 1.66. The molecule has 1 heterocycles. The van der Waals surface area contributed by atoms with Crippen molar-refractivity contribution in [2.75, 3.05) is 33.2 Å². The molecule has 1 aromatic rings. The smallest absolute Gasteiger partial charge is 0.219 e. The summed E-state index contributed by atoms with van der Waals surface area (Å²) in [5, 5.41) is 0. The van der Waals surface area contributed by atoms with Crippen LogP contribution in [0.1, 0.15) is 12.5 Å². The van der Waals surface area contributed by atoms with Crippen LogP contribution >= 0.6 is 0 Å². The van der Waals surface area contributed by atoms with Gasteiger partial charge in [-0.1, -0.05) is 35.9 Å². The number of carbonyl (C=O) groups excluding carboxylic acids is 1. The van der Waals surface area contributed by atoms with Crippen LogP contribution in [0.5, 0.6) is 0 Å². The number of hydrogen-bond donors (Lipinski definition) is 0. The van der Waals surface area contributed by atoms with Gasteiger partial charge in [0.15, 0.2) is 0 Å². The molecule has 17 heavy (non-hydrogen) atoms. The van der Waals surface area contributed by atoms with Crippen LogP contribution in [0.25, 0.3) is 0 Å². The molecule has 2 rings (SSSR count).